The molecule has 1 aliphatic carbocycles. The number of fused-ring (bicyclic) bond motifs is 2. The molecule has 8 nitrogen and oxygen atoms in total. The highest BCUT2D eigenvalue weighted by molar-refractivity contribution is 6.06. The summed E-state index contributed by atoms with van der Waals surface area (Å²) < 4.78 is 6.03. The SMILES string of the molecule is O=C1CN2Cc3cccc(OCCCCCCC(=O)N(CCO)CCCCC4CCCCC4)c3N=C2N1. The summed E-state index contributed by atoms with van der Waals surface area (Å²) in [6, 6.07) is 5.93. The third-order valence-corrected chi connectivity index (χ3v) is 7.83. The van der Waals surface area contributed by atoms with Crippen molar-refractivity contribution in [2.45, 2.75) is 90.0 Å². The van der Waals surface area contributed by atoms with E-state index in [0.717, 1.165) is 61.6 Å². The highest BCUT2D eigenvalue weighted by Crippen LogP contribution is 2.36. The summed E-state index contributed by atoms with van der Waals surface area (Å²) in [6.45, 7) is 2.86. The predicted octanol–water partition coefficient (Wildman–Crippen LogP) is 4.52. The molecule has 0 aromatic heterocycles. The summed E-state index contributed by atoms with van der Waals surface area (Å²) in [4.78, 5) is 32.8. The van der Waals surface area contributed by atoms with E-state index in [0.29, 0.717) is 38.6 Å². The number of para-hydroxylation sites is 1. The summed E-state index contributed by atoms with van der Waals surface area (Å²) in [5.74, 6) is 2.40. The van der Waals surface area contributed by atoms with Crippen LogP contribution in [0.4, 0.5) is 5.69 Å². The maximum absolute atomic E-state index is 12.7. The molecule has 3 aliphatic rings. The topological polar surface area (TPSA) is 94.5 Å². The molecule has 4 rings (SSSR count). The van der Waals surface area contributed by atoms with Crippen LogP contribution in [0.5, 0.6) is 5.75 Å². The van der Waals surface area contributed by atoms with Crippen LogP contribution in [0.1, 0.15) is 89.0 Å². The summed E-state index contributed by atoms with van der Waals surface area (Å²) >= 11 is 0. The number of nitrogens with zero attached hydrogens (tertiary/aromatic N) is 3. The Balaban J connectivity index is 1.09. The zero-order chi connectivity index (χ0) is 25.9. The van der Waals surface area contributed by atoms with Gasteiger partial charge in [0.05, 0.1) is 13.2 Å². The number of hydrogen-bond acceptors (Lipinski definition) is 6. The van der Waals surface area contributed by atoms with E-state index in [1.807, 2.05) is 28.0 Å². The lowest BCUT2D eigenvalue weighted by molar-refractivity contribution is -0.132. The van der Waals surface area contributed by atoms with Gasteiger partial charge in [0.2, 0.25) is 17.8 Å². The van der Waals surface area contributed by atoms with Gasteiger partial charge >= 0.3 is 0 Å². The predicted molar refractivity (Wildman–Crippen MR) is 145 cm³/mol. The number of benzene rings is 1. The maximum atomic E-state index is 12.7. The number of carbonyl (C=O) groups excluding carboxylic acids is 2. The fourth-order valence-electron chi connectivity index (χ4n) is 5.74. The van der Waals surface area contributed by atoms with Crippen molar-refractivity contribution in [3.63, 3.8) is 0 Å². The van der Waals surface area contributed by atoms with Crippen LogP contribution < -0.4 is 10.1 Å². The van der Waals surface area contributed by atoms with E-state index in [4.69, 9.17) is 4.74 Å². The number of ether oxygens (including phenoxy) is 1. The molecule has 204 valence electrons. The first kappa shape index (κ1) is 27.4. The quantitative estimate of drug-likeness (QED) is 0.337. The van der Waals surface area contributed by atoms with Gasteiger partial charge in [-0.15, -0.1) is 0 Å². The van der Waals surface area contributed by atoms with E-state index < -0.39 is 0 Å². The van der Waals surface area contributed by atoms with Crippen LogP contribution in [0.3, 0.4) is 0 Å². The average molecular weight is 513 g/mol. The van der Waals surface area contributed by atoms with Gasteiger partial charge in [0.25, 0.3) is 0 Å². The van der Waals surface area contributed by atoms with Gasteiger partial charge in [-0.05, 0) is 31.2 Å². The molecule has 1 saturated carbocycles. The number of guanidine groups is 1. The second kappa shape index (κ2) is 14.4. The Morgan fingerprint density at radius 2 is 1.89 bits per heavy atom. The van der Waals surface area contributed by atoms with Gasteiger partial charge in [-0.25, -0.2) is 4.99 Å². The molecule has 8 heteroatoms. The number of aliphatic hydroxyl groups excluding tert-OH is 1. The lowest BCUT2D eigenvalue weighted by Gasteiger charge is -2.24. The number of amides is 2. The standard InChI is InChI=1S/C29H44N4O4/c34-19-18-32(17-8-7-13-23-11-4-3-5-12-23)27(36)16-6-1-2-9-20-37-25-15-10-14-24-21-33-22-26(35)30-29(33)31-28(24)25/h10,14-15,23,34H,1-9,11-13,16-22H2,(H,30,31,35). The van der Waals surface area contributed by atoms with Gasteiger partial charge in [0, 0.05) is 31.6 Å². The molecule has 1 aromatic carbocycles. The van der Waals surface area contributed by atoms with Crippen LogP contribution >= 0.6 is 0 Å². The second-order valence-electron chi connectivity index (χ2n) is 10.7. The molecule has 2 fully saturated rings. The minimum absolute atomic E-state index is 0.0263. The third kappa shape index (κ3) is 8.19. The molecule has 2 N–H and O–H groups in total. The van der Waals surface area contributed by atoms with E-state index in [9.17, 15) is 14.7 Å². The summed E-state index contributed by atoms with van der Waals surface area (Å²) in [5, 5.41) is 12.2. The van der Waals surface area contributed by atoms with Crippen LogP contribution in [0.25, 0.3) is 0 Å². The molecule has 0 atom stereocenters. The summed E-state index contributed by atoms with van der Waals surface area (Å²) in [7, 11) is 0. The molecule has 0 bridgehead atoms. The molecule has 0 spiro atoms. The van der Waals surface area contributed by atoms with Gasteiger partial charge in [0.15, 0.2) is 0 Å². The van der Waals surface area contributed by atoms with Crippen molar-refractivity contribution in [2.75, 3.05) is 32.8 Å². The first-order valence-corrected chi connectivity index (χ1v) is 14.4. The van der Waals surface area contributed by atoms with Crippen molar-refractivity contribution in [2.24, 2.45) is 10.9 Å². The zero-order valence-corrected chi connectivity index (χ0v) is 22.3. The second-order valence-corrected chi connectivity index (χ2v) is 10.7. The van der Waals surface area contributed by atoms with Gasteiger partial charge in [-0.1, -0.05) is 69.9 Å². The number of aliphatic imine (C=N–C) groups is 1. The molecule has 37 heavy (non-hydrogen) atoms. The van der Waals surface area contributed by atoms with Crippen LogP contribution in [0, 0.1) is 5.92 Å². The van der Waals surface area contributed by atoms with Crippen molar-refractivity contribution in [3.05, 3.63) is 23.8 Å². The molecule has 2 heterocycles. The highest BCUT2D eigenvalue weighted by Gasteiger charge is 2.30. The summed E-state index contributed by atoms with van der Waals surface area (Å²) in [5.41, 5.74) is 1.88. The molecule has 0 radical (unpaired) electrons. The first-order chi connectivity index (χ1) is 18.1. The number of hydrogen-bond donors (Lipinski definition) is 2. The number of carbonyl (C=O) groups is 2. The van der Waals surface area contributed by atoms with Crippen LogP contribution in [-0.4, -0.2) is 65.5 Å². The summed E-state index contributed by atoms with van der Waals surface area (Å²) in [6.07, 6.45) is 14.8. The number of aliphatic hydroxyl groups is 1. The fourth-order valence-corrected chi connectivity index (χ4v) is 5.74. The number of unbranched alkanes of at least 4 members (excludes halogenated alkanes) is 4. The molecule has 2 amide bonds. The Morgan fingerprint density at radius 1 is 1.05 bits per heavy atom. The highest BCUT2D eigenvalue weighted by atomic mass is 16.5. The third-order valence-electron chi connectivity index (χ3n) is 7.83. The largest absolute Gasteiger partial charge is 0.491 e. The Kier molecular flexibility index (Phi) is 10.6. The van der Waals surface area contributed by atoms with Gasteiger partial charge < -0.3 is 19.6 Å². The molecule has 1 saturated heterocycles. The Morgan fingerprint density at radius 3 is 2.73 bits per heavy atom. The van der Waals surface area contributed by atoms with Crippen molar-refractivity contribution in [3.8, 4) is 5.75 Å². The molecular weight excluding hydrogens is 468 g/mol. The van der Waals surface area contributed by atoms with E-state index >= 15 is 0 Å². The van der Waals surface area contributed by atoms with E-state index in [1.54, 1.807) is 0 Å². The maximum Gasteiger partial charge on any atom is 0.246 e. The van der Waals surface area contributed by atoms with E-state index in [1.165, 1.54) is 44.9 Å². The van der Waals surface area contributed by atoms with Gasteiger partial charge in [0.1, 0.15) is 18.0 Å². The molecule has 1 aromatic rings. The van der Waals surface area contributed by atoms with Crippen molar-refractivity contribution >= 4 is 23.5 Å². The molecule has 2 aliphatic heterocycles. The molecular formula is C29H44N4O4. The van der Waals surface area contributed by atoms with Crippen molar-refractivity contribution < 1.29 is 19.4 Å². The van der Waals surface area contributed by atoms with Crippen LogP contribution in [0.15, 0.2) is 23.2 Å². The van der Waals surface area contributed by atoms with Crippen molar-refractivity contribution in [1.29, 1.82) is 0 Å². The fraction of sp³-hybridized carbons (Fsp3) is 0.690. The number of nitrogens with one attached hydrogen (secondary N) is 1. The van der Waals surface area contributed by atoms with Crippen LogP contribution in [0.2, 0.25) is 0 Å². The smallest absolute Gasteiger partial charge is 0.246 e. The van der Waals surface area contributed by atoms with Gasteiger partial charge in [-0.3, -0.25) is 14.9 Å². The lowest BCUT2D eigenvalue weighted by atomic mass is 9.86. The lowest BCUT2D eigenvalue weighted by Crippen LogP contribution is -2.34. The van der Waals surface area contributed by atoms with Crippen LogP contribution in [-0.2, 0) is 16.1 Å². The Hall–Kier alpha value is -2.61. The normalized spacial score (nSPS) is 17.2. The van der Waals surface area contributed by atoms with E-state index in [2.05, 4.69) is 10.3 Å². The minimum atomic E-state index is -0.0263. The minimum Gasteiger partial charge on any atom is -0.491 e. The monoisotopic (exact) mass is 512 g/mol. The van der Waals surface area contributed by atoms with E-state index in [-0.39, 0.29) is 18.4 Å². The molecule has 0 unspecified atom stereocenters. The Bertz CT molecular complexity index is 928. The zero-order valence-electron chi connectivity index (χ0n) is 22.3. The van der Waals surface area contributed by atoms with Gasteiger partial charge in [-0.2, -0.15) is 0 Å². The Labute approximate surface area is 221 Å². The number of rotatable bonds is 15. The first-order valence-electron chi connectivity index (χ1n) is 14.4. The average Bonchev–Trinajstić information content (AvgIpc) is 3.28. The van der Waals surface area contributed by atoms with Crippen molar-refractivity contribution in [1.82, 2.24) is 15.1 Å².